The molecule has 6 heteroatoms. The van der Waals surface area contributed by atoms with E-state index in [-0.39, 0.29) is 11.4 Å². The third-order valence-corrected chi connectivity index (χ3v) is 4.87. The van der Waals surface area contributed by atoms with E-state index in [0.29, 0.717) is 32.1 Å². The van der Waals surface area contributed by atoms with Gasteiger partial charge in [-0.1, -0.05) is 13.0 Å². The van der Waals surface area contributed by atoms with Crippen LogP contribution in [0.15, 0.2) is 6.08 Å². The highest BCUT2D eigenvalue weighted by Gasteiger charge is 2.32. The fourth-order valence-electron chi connectivity index (χ4n) is 3.54. The van der Waals surface area contributed by atoms with Gasteiger partial charge in [-0.05, 0) is 37.2 Å². The summed E-state index contributed by atoms with van der Waals surface area (Å²) >= 11 is 0. The smallest absolute Gasteiger partial charge is 0.359 e. The summed E-state index contributed by atoms with van der Waals surface area (Å²) in [7, 11) is 1.74. The fraction of sp³-hybridized carbons (Fsp3) is 0.667. The van der Waals surface area contributed by atoms with Gasteiger partial charge >= 0.3 is 5.97 Å². The van der Waals surface area contributed by atoms with Crippen molar-refractivity contribution in [3.8, 4) is 0 Å². The third-order valence-electron chi connectivity index (χ3n) is 4.87. The van der Waals surface area contributed by atoms with Crippen LogP contribution in [0, 0.1) is 5.41 Å². The fourth-order valence-corrected chi connectivity index (χ4v) is 3.54. The molecule has 0 bridgehead atoms. The number of hydrogen-bond donors (Lipinski definition) is 0. The molecule has 0 aromatic carbocycles. The molecule has 1 aromatic rings. The quantitative estimate of drug-likeness (QED) is 0.775. The summed E-state index contributed by atoms with van der Waals surface area (Å²) in [6.07, 6.45) is 5.10. The molecule has 2 aliphatic rings. The van der Waals surface area contributed by atoms with E-state index < -0.39 is 0 Å². The first-order valence-corrected chi connectivity index (χ1v) is 8.61. The van der Waals surface area contributed by atoms with Gasteiger partial charge < -0.3 is 14.2 Å². The van der Waals surface area contributed by atoms with Gasteiger partial charge in [-0.15, -0.1) is 0 Å². The lowest BCUT2D eigenvalue weighted by Gasteiger charge is -2.32. The average Bonchev–Trinajstić information content (AvgIpc) is 2.95. The second-order valence-electron chi connectivity index (χ2n) is 6.84. The topological polar surface area (TPSA) is 62.6 Å². The Kier molecular flexibility index (Phi) is 5.06. The molecule has 1 aliphatic carbocycles. The van der Waals surface area contributed by atoms with Gasteiger partial charge in [0.2, 0.25) is 0 Å². The van der Waals surface area contributed by atoms with Crippen molar-refractivity contribution in [3.63, 3.8) is 0 Å². The van der Waals surface area contributed by atoms with E-state index >= 15 is 0 Å². The minimum atomic E-state index is -0.347. The van der Waals surface area contributed by atoms with Crippen molar-refractivity contribution in [2.75, 3.05) is 26.9 Å². The van der Waals surface area contributed by atoms with Crippen LogP contribution in [0.4, 0.5) is 0 Å². The van der Waals surface area contributed by atoms with Crippen LogP contribution in [0.1, 0.15) is 54.9 Å². The highest BCUT2D eigenvalue weighted by atomic mass is 16.5. The number of esters is 1. The van der Waals surface area contributed by atoms with Crippen LogP contribution in [0.3, 0.4) is 0 Å². The Hall–Kier alpha value is -1.66. The Morgan fingerprint density at radius 1 is 1.50 bits per heavy atom. The van der Waals surface area contributed by atoms with Crippen LogP contribution < -0.4 is 0 Å². The maximum Gasteiger partial charge on any atom is 0.359 e. The van der Waals surface area contributed by atoms with Gasteiger partial charge in [0, 0.05) is 12.7 Å². The highest BCUT2D eigenvalue weighted by molar-refractivity contribution is 5.94. The molecule has 0 radical (unpaired) electrons. The molecule has 3 rings (SSSR count). The SMILES string of the molecule is CCOC(=O)c1nn2c(c1C1=CCC(C)(COC)CC1)COCC2. The Labute approximate surface area is 142 Å². The number of carbonyl (C=O) groups excluding carboxylic acids is 1. The van der Waals surface area contributed by atoms with Crippen molar-refractivity contribution < 1.29 is 19.0 Å². The minimum Gasteiger partial charge on any atom is -0.461 e. The summed E-state index contributed by atoms with van der Waals surface area (Å²) in [6, 6.07) is 0. The first kappa shape index (κ1) is 17.2. The van der Waals surface area contributed by atoms with E-state index in [1.165, 1.54) is 5.57 Å². The van der Waals surface area contributed by atoms with Gasteiger partial charge in [0.05, 0.1) is 38.7 Å². The molecule has 24 heavy (non-hydrogen) atoms. The lowest BCUT2D eigenvalue weighted by molar-refractivity contribution is 0.0516. The Bertz CT molecular complexity index is 650. The zero-order valence-corrected chi connectivity index (χ0v) is 14.8. The van der Waals surface area contributed by atoms with E-state index in [1.807, 2.05) is 11.6 Å². The van der Waals surface area contributed by atoms with Crippen molar-refractivity contribution in [2.24, 2.45) is 5.41 Å². The summed E-state index contributed by atoms with van der Waals surface area (Å²) in [5.41, 5.74) is 3.68. The molecule has 0 N–H and O–H groups in total. The van der Waals surface area contributed by atoms with Gasteiger partial charge in [-0.25, -0.2) is 4.79 Å². The van der Waals surface area contributed by atoms with Crippen molar-refractivity contribution in [1.82, 2.24) is 9.78 Å². The maximum absolute atomic E-state index is 12.4. The van der Waals surface area contributed by atoms with Gasteiger partial charge in [0.25, 0.3) is 0 Å². The predicted molar refractivity (Wildman–Crippen MR) is 89.7 cm³/mol. The summed E-state index contributed by atoms with van der Waals surface area (Å²) in [6.45, 7) is 6.95. The number of ether oxygens (including phenoxy) is 3. The largest absolute Gasteiger partial charge is 0.461 e. The van der Waals surface area contributed by atoms with E-state index in [2.05, 4.69) is 18.1 Å². The van der Waals surface area contributed by atoms with Crippen LogP contribution in [-0.2, 0) is 27.4 Å². The molecule has 0 saturated heterocycles. The monoisotopic (exact) mass is 334 g/mol. The van der Waals surface area contributed by atoms with Crippen LogP contribution in [0.5, 0.6) is 0 Å². The molecule has 1 aromatic heterocycles. The van der Waals surface area contributed by atoms with E-state index in [1.54, 1.807) is 7.11 Å². The van der Waals surface area contributed by atoms with Crippen LogP contribution in [0.25, 0.3) is 5.57 Å². The molecule has 2 heterocycles. The van der Waals surface area contributed by atoms with Crippen LogP contribution in [-0.4, -0.2) is 42.7 Å². The van der Waals surface area contributed by atoms with Gasteiger partial charge in [-0.2, -0.15) is 5.10 Å². The third kappa shape index (κ3) is 3.26. The molecule has 132 valence electrons. The number of carbonyl (C=O) groups is 1. The average molecular weight is 334 g/mol. The first-order valence-electron chi connectivity index (χ1n) is 8.61. The predicted octanol–water partition coefficient (Wildman–Crippen LogP) is 2.81. The Morgan fingerprint density at radius 3 is 3.00 bits per heavy atom. The first-order chi connectivity index (χ1) is 11.6. The minimum absolute atomic E-state index is 0.159. The molecule has 1 unspecified atom stereocenters. The second kappa shape index (κ2) is 7.07. The summed E-state index contributed by atoms with van der Waals surface area (Å²) in [5, 5.41) is 4.51. The number of methoxy groups -OCH3 is 1. The zero-order chi connectivity index (χ0) is 17.2. The lowest BCUT2D eigenvalue weighted by Crippen LogP contribution is -2.25. The second-order valence-corrected chi connectivity index (χ2v) is 6.84. The van der Waals surface area contributed by atoms with Crippen molar-refractivity contribution in [1.29, 1.82) is 0 Å². The number of rotatable bonds is 5. The number of aromatic nitrogens is 2. The summed E-state index contributed by atoms with van der Waals surface area (Å²) < 4.78 is 18.1. The van der Waals surface area contributed by atoms with Gasteiger partial charge in [0.1, 0.15) is 0 Å². The zero-order valence-electron chi connectivity index (χ0n) is 14.8. The van der Waals surface area contributed by atoms with Gasteiger partial charge in [0.15, 0.2) is 5.69 Å². The lowest BCUT2D eigenvalue weighted by atomic mass is 9.75. The van der Waals surface area contributed by atoms with Crippen LogP contribution >= 0.6 is 0 Å². The molecular weight excluding hydrogens is 308 g/mol. The molecule has 1 aliphatic heterocycles. The Morgan fingerprint density at radius 2 is 2.33 bits per heavy atom. The molecule has 0 fully saturated rings. The summed E-state index contributed by atoms with van der Waals surface area (Å²) in [4.78, 5) is 12.4. The number of allylic oxidation sites excluding steroid dienone is 2. The molecule has 0 amide bonds. The standard InChI is InChI=1S/C18H26N2O4/c1-4-24-17(21)16-15(14-11-23-10-9-20(14)19-16)13-5-7-18(2,8-6-13)12-22-3/h5H,4,6-12H2,1-3H3. The van der Waals surface area contributed by atoms with Crippen molar-refractivity contribution >= 4 is 11.5 Å². The molecule has 1 atom stereocenters. The number of hydrogen-bond acceptors (Lipinski definition) is 5. The van der Waals surface area contributed by atoms with E-state index in [0.717, 1.165) is 37.1 Å². The van der Waals surface area contributed by atoms with Crippen molar-refractivity contribution in [3.05, 3.63) is 23.0 Å². The summed E-state index contributed by atoms with van der Waals surface area (Å²) in [5.74, 6) is -0.347. The van der Waals surface area contributed by atoms with Crippen LogP contribution in [0.2, 0.25) is 0 Å². The maximum atomic E-state index is 12.4. The molecule has 0 saturated carbocycles. The molecule has 6 nitrogen and oxygen atoms in total. The highest BCUT2D eigenvalue weighted by Crippen LogP contribution is 2.40. The molecular formula is C18H26N2O4. The van der Waals surface area contributed by atoms with Gasteiger partial charge in [-0.3, -0.25) is 4.68 Å². The normalized spacial score (nSPS) is 23.5. The number of nitrogens with zero attached hydrogens (tertiary/aromatic N) is 2. The van der Waals surface area contributed by atoms with E-state index in [4.69, 9.17) is 14.2 Å². The van der Waals surface area contributed by atoms with Crippen molar-refractivity contribution in [2.45, 2.75) is 46.3 Å². The van der Waals surface area contributed by atoms with E-state index in [9.17, 15) is 4.79 Å². The number of fused-ring (bicyclic) bond motifs is 1. The Balaban J connectivity index is 1.96. The molecule has 0 spiro atoms.